The Labute approximate surface area is 350 Å². The van der Waals surface area contributed by atoms with Crippen LogP contribution in [0.2, 0.25) is 0 Å². The topological polar surface area (TPSA) is 61.4 Å². The molecule has 12 heteroatoms. The van der Waals surface area contributed by atoms with Crippen molar-refractivity contribution in [3.63, 3.8) is 0 Å². The quantitative estimate of drug-likeness (QED) is 0.150. The number of nitrogens with zero attached hydrogens (tertiary/aromatic N) is 10. The minimum atomic E-state index is 0. The normalized spacial score (nSPS) is 19.4. The van der Waals surface area contributed by atoms with Crippen LogP contribution >= 0.6 is 0 Å². The molecule has 10 nitrogen and oxygen atoms in total. The van der Waals surface area contributed by atoms with Gasteiger partial charge in [-0.15, -0.1) is 5.92 Å². The van der Waals surface area contributed by atoms with Crippen molar-refractivity contribution in [3.8, 4) is 0 Å². The van der Waals surface area contributed by atoms with Gasteiger partial charge in [-0.2, -0.15) is 20.0 Å². The van der Waals surface area contributed by atoms with E-state index in [2.05, 4.69) is 189 Å². The Morgan fingerprint density at radius 1 is 0.407 bits per heavy atom. The van der Waals surface area contributed by atoms with Gasteiger partial charge in [0.2, 0.25) is 0 Å². The molecule has 286 valence electrons. The molecule has 1 unspecified atom stereocenters. The molecule has 1 aromatic carbocycles. The van der Waals surface area contributed by atoms with Crippen LogP contribution in [0.5, 0.6) is 0 Å². The van der Waals surface area contributed by atoms with E-state index in [9.17, 15) is 0 Å². The molecule has 0 saturated heterocycles. The maximum atomic E-state index is 4.87. The van der Waals surface area contributed by atoms with E-state index in [1.807, 2.05) is 0 Å². The molecule has 6 aliphatic heterocycles. The molecule has 2 radical (unpaired) electrons. The summed E-state index contributed by atoms with van der Waals surface area (Å²) in [5.41, 5.74) is 9.21. The van der Waals surface area contributed by atoms with Crippen molar-refractivity contribution in [1.82, 2.24) is 49.3 Å². The second-order valence-electron chi connectivity index (χ2n) is 14.0. The predicted molar refractivity (Wildman–Crippen MR) is 199 cm³/mol. The third-order valence-corrected chi connectivity index (χ3v) is 9.63. The van der Waals surface area contributed by atoms with E-state index in [1.165, 1.54) is 11.1 Å². The zero-order chi connectivity index (χ0) is 34.7. The Morgan fingerprint density at radius 3 is 1.20 bits per heavy atom. The zero-order valence-corrected chi connectivity index (χ0v) is 32.7. The van der Waals surface area contributed by atoms with Crippen LogP contribution in [0.1, 0.15) is 45.3 Å². The number of fused-ring (bicyclic) bond motifs is 16. The third kappa shape index (κ3) is 9.68. The largest absolute Gasteiger partial charge is 0.525 e. The molecule has 6 aliphatic rings. The summed E-state index contributed by atoms with van der Waals surface area (Å²) >= 11 is 0. The average molecular weight is 903 g/mol. The summed E-state index contributed by atoms with van der Waals surface area (Å²) in [5, 5.41) is 0. The van der Waals surface area contributed by atoms with E-state index in [1.54, 1.807) is 0 Å². The van der Waals surface area contributed by atoms with Gasteiger partial charge in [0.1, 0.15) is 0 Å². The van der Waals surface area contributed by atoms with Gasteiger partial charge in [0.05, 0.1) is 28.5 Å². The van der Waals surface area contributed by atoms with Crippen molar-refractivity contribution < 1.29 is 44.8 Å². The standard InChI is InChI=1S/C22H22N4.C20H20N6.2Ag/c1-3-18-11-19(4-1)15-25-9-10-26(17-25)16-22-6-2-5-21(23-22)12-20-7-8-24(13-18)14-20;1-3-17-11-23-7-9-25(15-23)13-19-5-2-6-20(22-19)14-26-10-8-24(16-26)12-18(4-1)21-17;;/h1-11,14,17,20H,12-13,15-16H2;1-10,15-16H,11-14H2;;/q2*-2;;. The molecule has 10 rings (SSSR count). The maximum Gasteiger partial charge on any atom is 0.0576 e. The van der Waals surface area contributed by atoms with E-state index >= 15 is 0 Å². The summed E-state index contributed by atoms with van der Waals surface area (Å²) in [4.78, 5) is 29.9. The van der Waals surface area contributed by atoms with Crippen LogP contribution in [-0.4, -0.2) is 49.3 Å². The summed E-state index contributed by atoms with van der Waals surface area (Å²) in [6, 6.07) is 27.8. The van der Waals surface area contributed by atoms with Crippen molar-refractivity contribution in [2.75, 3.05) is 0 Å². The Hall–Kier alpha value is -4.29. The van der Waals surface area contributed by atoms with Crippen molar-refractivity contribution >= 4 is 0 Å². The average Bonchev–Trinajstić information content (AvgIpc) is 3.96. The number of rotatable bonds is 0. The van der Waals surface area contributed by atoms with Gasteiger partial charge in [0.15, 0.2) is 0 Å². The fourth-order valence-corrected chi connectivity index (χ4v) is 7.24. The van der Waals surface area contributed by atoms with Gasteiger partial charge in [0.25, 0.3) is 0 Å². The molecule has 16 bridgehead atoms. The molecule has 4 aromatic rings. The summed E-state index contributed by atoms with van der Waals surface area (Å²) in [6.45, 7) is 14.4. The fraction of sp³-hybridized carbons (Fsp3) is 0.214. The van der Waals surface area contributed by atoms with E-state index in [4.69, 9.17) is 15.0 Å². The smallest absolute Gasteiger partial charge is 0.0576 e. The van der Waals surface area contributed by atoms with Crippen LogP contribution in [0.15, 0.2) is 128 Å². The van der Waals surface area contributed by atoms with Crippen LogP contribution < -0.4 is 0 Å². The summed E-state index contributed by atoms with van der Waals surface area (Å²) < 4.78 is 0. The minimum absolute atomic E-state index is 0. The first-order valence-corrected chi connectivity index (χ1v) is 18.0. The molecule has 9 heterocycles. The Bertz CT molecular complexity index is 1610. The molecule has 0 fully saturated rings. The maximum absolute atomic E-state index is 4.87. The zero-order valence-electron chi connectivity index (χ0n) is 29.7. The number of hydrogen-bond donors (Lipinski definition) is 0. The van der Waals surface area contributed by atoms with Gasteiger partial charge >= 0.3 is 0 Å². The number of aromatic nitrogens is 3. The summed E-state index contributed by atoms with van der Waals surface area (Å²) in [6.07, 6.45) is 18.0. The first-order chi connectivity index (χ1) is 25.6. The van der Waals surface area contributed by atoms with Crippen molar-refractivity contribution in [1.29, 1.82) is 0 Å². The summed E-state index contributed by atoms with van der Waals surface area (Å²) in [7, 11) is 0. The minimum Gasteiger partial charge on any atom is -0.525 e. The Balaban J connectivity index is 0.000000161. The SMILES string of the molecule is C1=CN2[CH-]C1Cc1cccc(n1)CN1C=CN([CH-]1)Cc1cccc(c1)C2.C1=CN2[CH-]N1Cc1cccc(n1)CN1C=CN([CH-]1)Cc1cccc(n1)C2.[Ag].[Ag]. The first kappa shape index (κ1) is 38.0. The number of hydrogen-bond acceptors (Lipinski definition) is 10. The molecule has 0 saturated carbocycles. The monoisotopic (exact) mass is 900 g/mol. The van der Waals surface area contributed by atoms with Crippen LogP contribution in [0, 0.1) is 32.5 Å². The molecular weight excluding hydrogens is 860 g/mol. The van der Waals surface area contributed by atoms with Crippen molar-refractivity contribution in [2.24, 2.45) is 5.92 Å². The van der Waals surface area contributed by atoms with Gasteiger partial charge in [0, 0.05) is 96.3 Å². The first-order valence-electron chi connectivity index (χ1n) is 18.0. The molecule has 3 aromatic heterocycles. The predicted octanol–water partition coefficient (Wildman–Crippen LogP) is 6.25. The molecule has 0 N–H and O–H groups in total. The molecule has 54 heavy (non-hydrogen) atoms. The molecule has 1 atom stereocenters. The fourth-order valence-electron chi connectivity index (χ4n) is 7.24. The van der Waals surface area contributed by atoms with Gasteiger partial charge < -0.3 is 34.3 Å². The van der Waals surface area contributed by atoms with Crippen LogP contribution in [0.25, 0.3) is 0 Å². The Kier molecular flexibility index (Phi) is 12.3. The van der Waals surface area contributed by atoms with Crippen LogP contribution in [0.3, 0.4) is 0 Å². The number of pyridine rings is 3. The Morgan fingerprint density at radius 2 is 0.759 bits per heavy atom. The summed E-state index contributed by atoms with van der Waals surface area (Å²) in [5.74, 6) is 0.419. The molecule has 0 amide bonds. The van der Waals surface area contributed by atoms with Crippen molar-refractivity contribution in [2.45, 2.75) is 52.2 Å². The number of benzene rings is 1. The van der Waals surface area contributed by atoms with Gasteiger partial charge in [-0.3, -0.25) is 15.0 Å². The molecule has 0 spiro atoms. The van der Waals surface area contributed by atoms with Gasteiger partial charge in [-0.25, -0.2) is 6.54 Å². The van der Waals surface area contributed by atoms with E-state index in [0.29, 0.717) is 5.92 Å². The van der Waals surface area contributed by atoms with Crippen molar-refractivity contribution in [3.05, 3.63) is 200 Å². The third-order valence-electron chi connectivity index (χ3n) is 9.63. The van der Waals surface area contributed by atoms with Crippen LogP contribution in [-0.2, 0) is 97.0 Å². The van der Waals surface area contributed by atoms with E-state index < -0.39 is 0 Å². The van der Waals surface area contributed by atoms with Gasteiger partial charge in [-0.05, 0) is 97.3 Å². The van der Waals surface area contributed by atoms with Crippen LogP contribution in [0.4, 0.5) is 0 Å². The second-order valence-corrected chi connectivity index (χ2v) is 14.0. The second kappa shape index (κ2) is 17.5. The van der Waals surface area contributed by atoms with Gasteiger partial charge in [-0.1, -0.05) is 48.5 Å². The van der Waals surface area contributed by atoms with E-state index in [-0.39, 0.29) is 44.8 Å². The molecule has 0 aliphatic carbocycles. The van der Waals surface area contributed by atoms with E-state index in [0.717, 1.165) is 86.4 Å². The molecular formula is C42H42Ag2N10-4.